The highest BCUT2D eigenvalue weighted by atomic mass is 19.3. The van der Waals surface area contributed by atoms with E-state index in [9.17, 15) is 13.6 Å². The van der Waals surface area contributed by atoms with Gasteiger partial charge in [0.2, 0.25) is 5.91 Å². The second kappa shape index (κ2) is 7.25. The van der Waals surface area contributed by atoms with Crippen molar-refractivity contribution in [3.63, 3.8) is 0 Å². The van der Waals surface area contributed by atoms with E-state index in [4.69, 9.17) is 0 Å². The monoisotopic (exact) mass is 341 g/mol. The summed E-state index contributed by atoms with van der Waals surface area (Å²) in [5.41, 5.74) is 2.97. The molecule has 0 fully saturated rings. The normalized spacial score (nSPS) is 10.9. The quantitative estimate of drug-likeness (QED) is 0.746. The zero-order chi connectivity index (χ0) is 17.8. The molecule has 0 unspecified atom stereocenters. The molecule has 0 spiro atoms. The average molecular weight is 341 g/mol. The summed E-state index contributed by atoms with van der Waals surface area (Å²) in [7, 11) is 0. The molecule has 0 saturated heterocycles. The molecule has 0 atom stereocenters. The van der Waals surface area contributed by atoms with Crippen molar-refractivity contribution >= 4 is 11.6 Å². The number of carbonyl (C=O) groups excluding carboxylic acids is 1. The third-order valence-corrected chi connectivity index (χ3v) is 3.79. The molecule has 1 aromatic heterocycles. The summed E-state index contributed by atoms with van der Waals surface area (Å²) in [5, 5.41) is 6.50. The van der Waals surface area contributed by atoms with E-state index in [-0.39, 0.29) is 18.1 Å². The Morgan fingerprint density at radius 2 is 1.72 bits per heavy atom. The maximum absolute atomic E-state index is 12.6. The molecule has 0 aliphatic carbocycles. The number of hydrogen-bond donors (Lipinski definition) is 1. The summed E-state index contributed by atoms with van der Waals surface area (Å²) in [6, 6.07) is 18.6. The molecule has 0 aliphatic rings. The summed E-state index contributed by atoms with van der Waals surface area (Å²) < 4.78 is 26.6. The van der Waals surface area contributed by atoms with E-state index >= 15 is 0 Å². The molecule has 128 valence electrons. The third kappa shape index (κ3) is 4.09. The highest BCUT2D eigenvalue weighted by molar-refractivity contribution is 5.90. The number of halogens is 2. The number of aryl methyl sites for hydroxylation is 1. The minimum atomic E-state index is -2.64. The fraction of sp³-hybridized carbons (Fsp3) is 0.158. The number of benzene rings is 2. The zero-order valence-electron chi connectivity index (χ0n) is 13.6. The predicted octanol–water partition coefficient (Wildman–Crippen LogP) is 4.43. The SMILES string of the molecule is Cc1cc(C(F)F)nn1CC(=O)Nc1ccc(-c2ccccc2)cc1. The Labute approximate surface area is 144 Å². The molecule has 1 amide bonds. The Kier molecular flexibility index (Phi) is 4.88. The summed E-state index contributed by atoms with van der Waals surface area (Å²) in [6.07, 6.45) is -2.64. The first kappa shape index (κ1) is 16.8. The lowest BCUT2D eigenvalue weighted by molar-refractivity contribution is -0.117. The van der Waals surface area contributed by atoms with Crippen molar-refractivity contribution in [3.8, 4) is 11.1 Å². The fourth-order valence-electron chi connectivity index (χ4n) is 2.52. The van der Waals surface area contributed by atoms with Crippen LogP contribution in [0.25, 0.3) is 11.1 Å². The number of amides is 1. The second-order valence-electron chi connectivity index (χ2n) is 5.66. The van der Waals surface area contributed by atoms with Gasteiger partial charge in [-0.1, -0.05) is 42.5 Å². The van der Waals surface area contributed by atoms with E-state index in [1.165, 1.54) is 10.7 Å². The molecule has 3 rings (SSSR count). The topological polar surface area (TPSA) is 46.9 Å². The molecule has 2 aromatic carbocycles. The highest BCUT2D eigenvalue weighted by Crippen LogP contribution is 2.21. The Hall–Kier alpha value is -3.02. The van der Waals surface area contributed by atoms with Crippen LogP contribution in [-0.2, 0) is 11.3 Å². The van der Waals surface area contributed by atoms with Crippen LogP contribution in [0.15, 0.2) is 60.7 Å². The second-order valence-corrected chi connectivity index (χ2v) is 5.66. The first-order valence-corrected chi connectivity index (χ1v) is 7.81. The number of aromatic nitrogens is 2. The molecule has 0 radical (unpaired) electrons. The van der Waals surface area contributed by atoms with Gasteiger partial charge in [-0.15, -0.1) is 0 Å². The molecule has 4 nitrogen and oxygen atoms in total. The summed E-state index contributed by atoms with van der Waals surface area (Å²) in [6.45, 7) is 1.53. The molecule has 0 saturated carbocycles. The van der Waals surface area contributed by atoms with Gasteiger partial charge in [0.15, 0.2) is 0 Å². The van der Waals surface area contributed by atoms with Crippen molar-refractivity contribution in [3.05, 3.63) is 72.1 Å². The van der Waals surface area contributed by atoms with Crippen LogP contribution >= 0.6 is 0 Å². The van der Waals surface area contributed by atoms with Crippen LogP contribution < -0.4 is 5.32 Å². The maximum atomic E-state index is 12.6. The van der Waals surface area contributed by atoms with Crippen molar-refractivity contribution in [2.75, 3.05) is 5.32 Å². The standard InChI is InChI=1S/C19H17F2N3O/c1-13-11-17(19(20)21)23-24(13)12-18(25)22-16-9-7-15(8-10-16)14-5-3-2-4-6-14/h2-11,19H,12H2,1H3,(H,22,25). The van der Waals surface area contributed by atoms with Crippen molar-refractivity contribution in [2.45, 2.75) is 19.9 Å². The van der Waals surface area contributed by atoms with Crippen LogP contribution in [0.1, 0.15) is 17.8 Å². The molecular weight excluding hydrogens is 324 g/mol. The van der Waals surface area contributed by atoms with Crippen LogP contribution in [0.5, 0.6) is 0 Å². The smallest absolute Gasteiger partial charge is 0.282 e. The van der Waals surface area contributed by atoms with Crippen molar-refractivity contribution in [1.82, 2.24) is 9.78 Å². The number of anilines is 1. The van der Waals surface area contributed by atoms with Gasteiger partial charge in [-0.05, 0) is 36.2 Å². The lowest BCUT2D eigenvalue weighted by Crippen LogP contribution is -2.20. The number of hydrogen-bond acceptors (Lipinski definition) is 2. The van der Waals surface area contributed by atoms with E-state index in [2.05, 4.69) is 10.4 Å². The number of alkyl halides is 2. The molecule has 1 heterocycles. The van der Waals surface area contributed by atoms with Crippen molar-refractivity contribution < 1.29 is 13.6 Å². The molecule has 6 heteroatoms. The van der Waals surface area contributed by atoms with Crippen LogP contribution in [-0.4, -0.2) is 15.7 Å². The first-order chi connectivity index (χ1) is 12.0. The average Bonchev–Trinajstić information content (AvgIpc) is 2.97. The van der Waals surface area contributed by atoms with E-state index < -0.39 is 6.43 Å². The minimum Gasteiger partial charge on any atom is -0.324 e. The van der Waals surface area contributed by atoms with E-state index in [1.807, 2.05) is 42.5 Å². The third-order valence-electron chi connectivity index (χ3n) is 3.79. The maximum Gasteiger partial charge on any atom is 0.282 e. The lowest BCUT2D eigenvalue weighted by atomic mass is 10.1. The largest absolute Gasteiger partial charge is 0.324 e. The Balaban J connectivity index is 1.65. The van der Waals surface area contributed by atoms with Gasteiger partial charge in [0.25, 0.3) is 6.43 Å². The van der Waals surface area contributed by atoms with E-state index in [0.717, 1.165) is 11.1 Å². The molecular formula is C19H17F2N3O. The Morgan fingerprint density at radius 1 is 1.08 bits per heavy atom. The Bertz CT molecular complexity index is 858. The Morgan fingerprint density at radius 3 is 2.32 bits per heavy atom. The van der Waals surface area contributed by atoms with E-state index in [1.54, 1.807) is 19.1 Å². The van der Waals surface area contributed by atoms with Gasteiger partial charge in [0, 0.05) is 11.4 Å². The van der Waals surface area contributed by atoms with Gasteiger partial charge in [0.1, 0.15) is 12.2 Å². The van der Waals surface area contributed by atoms with Gasteiger partial charge in [-0.3, -0.25) is 9.48 Å². The van der Waals surface area contributed by atoms with E-state index in [0.29, 0.717) is 11.4 Å². The van der Waals surface area contributed by atoms with Gasteiger partial charge in [0.05, 0.1) is 0 Å². The molecule has 0 bridgehead atoms. The first-order valence-electron chi connectivity index (χ1n) is 7.81. The molecule has 25 heavy (non-hydrogen) atoms. The van der Waals surface area contributed by atoms with Gasteiger partial charge < -0.3 is 5.32 Å². The lowest BCUT2D eigenvalue weighted by Gasteiger charge is -2.08. The summed E-state index contributed by atoms with van der Waals surface area (Å²) in [4.78, 5) is 12.1. The van der Waals surface area contributed by atoms with Gasteiger partial charge in [-0.25, -0.2) is 8.78 Å². The van der Waals surface area contributed by atoms with Crippen LogP contribution in [0, 0.1) is 6.92 Å². The molecule has 3 aromatic rings. The fourth-order valence-corrected chi connectivity index (χ4v) is 2.52. The van der Waals surface area contributed by atoms with Gasteiger partial charge in [-0.2, -0.15) is 5.10 Å². The molecule has 1 N–H and O–H groups in total. The van der Waals surface area contributed by atoms with Crippen molar-refractivity contribution in [1.29, 1.82) is 0 Å². The number of carbonyl (C=O) groups is 1. The number of nitrogens with one attached hydrogen (secondary N) is 1. The number of nitrogens with zero attached hydrogens (tertiary/aromatic N) is 2. The predicted molar refractivity (Wildman–Crippen MR) is 92.4 cm³/mol. The van der Waals surface area contributed by atoms with Crippen LogP contribution in [0.4, 0.5) is 14.5 Å². The summed E-state index contributed by atoms with van der Waals surface area (Å²) >= 11 is 0. The van der Waals surface area contributed by atoms with Gasteiger partial charge >= 0.3 is 0 Å². The highest BCUT2D eigenvalue weighted by Gasteiger charge is 2.15. The van der Waals surface area contributed by atoms with Crippen molar-refractivity contribution in [2.24, 2.45) is 0 Å². The number of rotatable bonds is 5. The van der Waals surface area contributed by atoms with Crippen LogP contribution in [0.3, 0.4) is 0 Å². The summed E-state index contributed by atoms with van der Waals surface area (Å²) in [5.74, 6) is -0.320. The van der Waals surface area contributed by atoms with Crippen LogP contribution in [0.2, 0.25) is 0 Å². The molecule has 0 aliphatic heterocycles. The zero-order valence-corrected chi connectivity index (χ0v) is 13.6. The minimum absolute atomic E-state index is 0.112.